The lowest BCUT2D eigenvalue weighted by atomic mass is 10.3. The van der Waals surface area contributed by atoms with Gasteiger partial charge in [0.1, 0.15) is 26.4 Å². The van der Waals surface area contributed by atoms with Crippen LogP contribution < -0.4 is 4.72 Å². The number of carboxylic acids is 1. The van der Waals surface area contributed by atoms with Crippen LogP contribution in [0.25, 0.3) is 0 Å². The van der Waals surface area contributed by atoms with E-state index in [2.05, 4.69) is 15.9 Å². The van der Waals surface area contributed by atoms with Gasteiger partial charge < -0.3 is 5.11 Å². The van der Waals surface area contributed by atoms with Crippen molar-refractivity contribution in [1.29, 1.82) is 0 Å². The fraction of sp³-hybridized carbons (Fsp3) is 0. The zero-order chi connectivity index (χ0) is 15.8. The molecular weight excluding hydrogens is 392 g/mol. The van der Waals surface area contributed by atoms with E-state index in [4.69, 9.17) is 5.11 Å². The summed E-state index contributed by atoms with van der Waals surface area (Å²) in [5.74, 6) is -3.40. The molecule has 21 heavy (non-hydrogen) atoms. The van der Waals surface area contributed by atoms with Crippen LogP contribution in [-0.4, -0.2) is 19.5 Å². The summed E-state index contributed by atoms with van der Waals surface area (Å²) in [5, 5.41) is 8.76. The second-order valence-corrected chi connectivity index (χ2v) is 7.33. The third kappa shape index (κ3) is 3.39. The van der Waals surface area contributed by atoms with E-state index in [9.17, 15) is 22.0 Å². The number of benzene rings is 1. The number of sulfonamides is 1. The van der Waals surface area contributed by atoms with Crippen molar-refractivity contribution in [2.24, 2.45) is 0 Å². The molecule has 10 heteroatoms. The van der Waals surface area contributed by atoms with Gasteiger partial charge >= 0.3 is 5.97 Å². The Morgan fingerprint density at radius 3 is 2.48 bits per heavy atom. The smallest absolute Gasteiger partial charge is 0.345 e. The number of hydrogen-bond donors (Lipinski definition) is 2. The third-order valence-electron chi connectivity index (χ3n) is 2.28. The van der Waals surface area contributed by atoms with Gasteiger partial charge in [-0.1, -0.05) is 0 Å². The molecule has 2 N–H and O–H groups in total. The monoisotopic (exact) mass is 397 g/mol. The number of aromatic carboxylic acids is 1. The number of hydrogen-bond acceptors (Lipinski definition) is 4. The van der Waals surface area contributed by atoms with Gasteiger partial charge in [0.2, 0.25) is 0 Å². The zero-order valence-corrected chi connectivity index (χ0v) is 13.2. The van der Waals surface area contributed by atoms with Crippen LogP contribution in [0.1, 0.15) is 9.67 Å². The molecule has 1 heterocycles. The average molecular weight is 398 g/mol. The number of thiophene rings is 1. The van der Waals surface area contributed by atoms with Crippen molar-refractivity contribution in [3.63, 3.8) is 0 Å². The fourth-order valence-corrected chi connectivity index (χ4v) is 4.68. The van der Waals surface area contributed by atoms with Gasteiger partial charge in [0.25, 0.3) is 10.0 Å². The van der Waals surface area contributed by atoms with Crippen LogP contribution in [0, 0.1) is 11.6 Å². The predicted molar refractivity (Wildman–Crippen MR) is 76.1 cm³/mol. The summed E-state index contributed by atoms with van der Waals surface area (Å²) in [6, 6.07) is 3.70. The van der Waals surface area contributed by atoms with Crippen molar-refractivity contribution in [3.05, 3.63) is 45.2 Å². The first-order chi connectivity index (χ1) is 9.70. The highest BCUT2D eigenvalue weighted by Crippen LogP contribution is 2.30. The number of carbonyl (C=O) groups is 1. The summed E-state index contributed by atoms with van der Waals surface area (Å²) in [7, 11) is -4.32. The van der Waals surface area contributed by atoms with Crippen LogP contribution in [0.5, 0.6) is 0 Å². The Kier molecular flexibility index (Phi) is 4.30. The summed E-state index contributed by atoms with van der Waals surface area (Å²) in [5.41, 5.74) is 0. The standard InChI is InChI=1S/C11H6BrF2NO4S2/c12-6-3-5(13)4-7(14)10(6)21(18,19)15-9-2-1-8(20-9)11(16)17/h1-4,15H,(H,16,17). The Hall–Kier alpha value is -1.52. The van der Waals surface area contributed by atoms with E-state index in [1.807, 2.05) is 4.72 Å². The molecule has 0 fully saturated rings. The van der Waals surface area contributed by atoms with Gasteiger partial charge in [-0.15, -0.1) is 11.3 Å². The summed E-state index contributed by atoms with van der Waals surface area (Å²) < 4.78 is 52.6. The number of halogens is 3. The lowest BCUT2D eigenvalue weighted by Crippen LogP contribution is -2.14. The molecule has 0 atom stereocenters. The second kappa shape index (κ2) is 5.70. The Bertz CT molecular complexity index is 796. The van der Waals surface area contributed by atoms with E-state index in [-0.39, 0.29) is 14.4 Å². The van der Waals surface area contributed by atoms with Gasteiger partial charge in [0.15, 0.2) is 0 Å². The second-order valence-electron chi connectivity index (χ2n) is 3.77. The van der Waals surface area contributed by atoms with E-state index in [0.717, 1.165) is 6.07 Å². The van der Waals surface area contributed by atoms with Crippen molar-refractivity contribution >= 4 is 48.3 Å². The summed E-state index contributed by atoms with van der Waals surface area (Å²) >= 11 is 3.46. The molecule has 0 aliphatic heterocycles. The van der Waals surface area contributed by atoms with Gasteiger partial charge in [0.05, 0.1) is 0 Å². The molecule has 5 nitrogen and oxygen atoms in total. The van der Waals surface area contributed by atoms with Gasteiger partial charge in [-0.25, -0.2) is 22.0 Å². The molecule has 112 valence electrons. The number of anilines is 1. The molecule has 0 bridgehead atoms. The highest BCUT2D eigenvalue weighted by molar-refractivity contribution is 9.10. The van der Waals surface area contributed by atoms with E-state index in [0.29, 0.717) is 17.4 Å². The lowest BCUT2D eigenvalue weighted by Gasteiger charge is -2.09. The van der Waals surface area contributed by atoms with Gasteiger partial charge in [-0.3, -0.25) is 4.72 Å². The SMILES string of the molecule is O=C(O)c1ccc(NS(=O)(=O)c2c(F)cc(F)cc2Br)s1. The minimum absolute atomic E-state index is 0.00280. The van der Waals surface area contributed by atoms with Crippen molar-refractivity contribution in [2.75, 3.05) is 4.72 Å². The largest absolute Gasteiger partial charge is 0.477 e. The molecule has 0 radical (unpaired) electrons. The normalized spacial score (nSPS) is 11.4. The van der Waals surface area contributed by atoms with Gasteiger partial charge in [-0.05, 0) is 34.1 Å². The molecule has 2 aromatic rings. The molecule has 0 spiro atoms. The summed E-state index contributed by atoms with van der Waals surface area (Å²) in [6.07, 6.45) is 0. The zero-order valence-electron chi connectivity index (χ0n) is 9.93. The minimum atomic E-state index is -4.32. The van der Waals surface area contributed by atoms with Crippen molar-refractivity contribution < 1.29 is 27.1 Å². The molecule has 0 aliphatic carbocycles. The van der Waals surface area contributed by atoms with Crippen LogP contribution in [0.15, 0.2) is 33.6 Å². The number of rotatable bonds is 4. The number of nitrogens with one attached hydrogen (secondary N) is 1. The molecule has 0 amide bonds. The Morgan fingerprint density at radius 1 is 1.29 bits per heavy atom. The first kappa shape index (κ1) is 15.9. The van der Waals surface area contributed by atoms with Gasteiger partial charge in [0, 0.05) is 10.5 Å². The first-order valence-corrected chi connectivity index (χ1v) is 8.30. The van der Waals surface area contributed by atoms with E-state index >= 15 is 0 Å². The maximum Gasteiger partial charge on any atom is 0.345 e. The topological polar surface area (TPSA) is 83.5 Å². The Morgan fingerprint density at radius 2 is 1.95 bits per heavy atom. The van der Waals surface area contributed by atoms with Crippen LogP contribution in [-0.2, 0) is 10.0 Å². The molecule has 1 aromatic heterocycles. The van der Waals surface area contributed by atoms with Crippen molar-refractivity contribution in [2.45, 2.75) is 4.90 Å². The minimum Gasteiger partial charge on any atom is -0.477 e. The van der Waals surface area contributed by atoms with Crippen LogP contribution in [0.3, 0.4) is 0 Å². The molecule has 0 aliphatic rings. The number of carboxylic acid groups (broad SMARTS) is 1. The predicted octanol–water partition coefficient (Wildman–Crippen LogP) is 3.29. The quantitative estimate of drug-likeness (QED) is 0.828. The van der Waals surface area contributed by atoms with Crippen molar-refractivity contribution in [3.8, 4) is 0 Å². The van der Waals surface area contributed by atoms with Crippen LogP contribution in [0.4, 0.5) is 13.8 Å². The Balaban J connectivity index is 2.41. The van der Waals surface area contributed by atoms with E-state index in [1.54, 1.807) is 0 Å². The van der Waals surface area contributed by atoms with Crippen LogP contribution >= 0.6 is 27.3 Å². The molecular formula is C11H6BrF2NO4S2. The van der Waals surface area contributed by atoms with E-state index < -0.39 is 32.5 Å². The lowest BCUT2D eigenvalue weighted by molar-refractivity contribution is 0.0702. The first-order valence-electron chi connectivity index (χ1n) is 5.21. The maximum absolute atomic E-state index is 13.7. The molecule has 0 saturated heterocycles. The fourth-order valence-electron chi connectivity index (χ4n) is 1.48. The molecule has 0 unspecified atom stereocenters. The molecule has 2 rings (SSSR count). The third-order valence-corrected chi connectivity index (χ3v) is 5.73. The Labute approximate surface area is 130 Å². The summed E-state index contributed by atoms with van der Waals surface area (Å²) in [6.45, 7) is 0. The molecule has 0 saturated carbocycles. The average Bonchev–Trinajstić information content (AvgIpc) is 2.74. The van der Waals surface area contributed by atoms with Crippen molar-refractivity contribution in [1.82, 2.24) is 0 Å². The van der Waals surface area contributed by atoms with Crippen LogP contribution in [0.2, 0.25) is 0 Å². The van der Waals surface area contributed by atoms with E-state index in [1.165, 1.54) is 12.1 Å². The molecule has 1 aromatic carbocycles. The highest BCUT2D eigenvalue weighted by atomic mass is 79.9. The maximum atomic E-state index is 13.7. The highest BCUT2D eigenvalue weighted by Gasteiger charge is 2.24. The van der Waals surface area contributed by atoms with Gasteiger partial charge in [-0.2, -0.15) is 0 Å². The summed E-state index contributed by atoms with van der Waals surface area (Å²) in [4.78, 5) is 9.89.